The van der Waals surface area contributed by atoms with E-state index >= 15 is 0 Å². The van der Waals surface area contributed by atoms with Crippen molar-refractivity contribution in [3.8, 4) is 0 Å². The maximum Gasteiger partial charge on any atom is 0.484 e. The molecular weight excluding hydrogens is 152 g/mol. The topological polar surface area (TPSA) is 0 Å². The summed E-state index contributed by atoms with van der Waals surface area (Å²) in [4.78, 5) is 0. The van der Waals surface area contributed by atoms with Crippen LogP contribution in [0.5, 0.6) is 0 Å². The van der Waals surface area contributed by atoms with E-state index in [0.717, 1.165) is 19.3 Å². The van der Waals surface area contributed by atoms with E-state index in [1.165, 1.54) is 0 Å². The first-order chi connectivity index (χ1) is 5.06. The molecule has 0 atom stereocenters. The summed E-state index contributed by atoms with van der Waals surface area (Å²) >= 11 is 0. The average Bonchev–Trinajstić information content (AvgIpc) is 2.38. The highest BCUT2D eigenvalue weighted by Crippen LogP contribution is 2.68. The predicted molar refractivity (Wildman–Crippen MR) is 38.3 cm³/mol. The van der Waals surface area contributed by atoms with Gasteiger partial charge in [-0.2, -0.15) is 0 Å². The van der Waals surface area contributed by atoms with Gasteiger partial charge in [0.05, 0.1) is 0 Å². The summed E-state index contributed by atoms with van der Waals surface area (Å²) in [6.07, 6.45) is 3.27. The van der Waals surface area contributed by atoms with Crippen molar-refractivity contribution in [3.63, 3.8) is 0 Å². The molecule has 64 valence electrons. The second kappa shape index (κ2) is 1.96. The lowest BCUT2D eigenvalue weighted by molar-refractivity contribution is 0.212. The zero-order valence-corrected chi connectivity index (χ0v) is 6.32. The normalized spacial score (nSPS) is 29.7. The highest BCUT2D eigenvalue weighted by atomic mass is 19.4. The van der Waals surface area contributed by atoms with Gasteiger partial charge in [0.1, 0.15) is 0 Å². The minimum Gasteiger partial charge on any atom is -0.449 e. The smallest absolute Gasteiger partial charge is 0.449 e. The Bertz CT molecular complexity index is 167. The first-order valence-electron chi connectivity index (χ1n) is 4.26. The van der Waals surface area contributed by atoms with Crippen LogP contribution in [0.3, 0.4) is 0 Å². The van der Waals surface area contributed by atoms with E-state index in [0.29, 0.717) is 12.8 Å². The predicted octanol–water partition coefficient (Wildman–Crippen LogP) is 3.17. The minimum absolute atomic E-state index is 0.0104. The van der Waals surface area contributed by atoms with Crippen LogP contribution in [-0.2, 0) is 0 Å². The Hall–Kier alpha value is -0.145. The lowest BCUT2D eigenvalue weighted by atomic mass is 9.45. The highest BCUT2D eigenvalue weighted by Gasteiger charge is 2.59. The van der Waals surface area contributed by atoms with E-state index in [9.17, 15) is 12.9 Å². The SMILES string of the molecule is F[B-](F)(F)C1(C2CC2)CCC1. The van der Waals surface area contributed by atoms with Gasteiger partial charge in [-0.05, 0) is 0 Å². The standard InChI is InChI=1S/C7H11BF3/c9-8(10,11)7(4-1-5-7)6-2-3-6/h6H,1-5H2/q-1. The Morgan fingerprint density at radius 3 is 1.73 bits per heavy atom. The Morgan fingerprint density at radius 2 is 1.64 bits per heavy atom. The van der Waals surface area contributed by atoms with Gasteiger partial charge in [-0.25, -0.2) is 0 Å². The first-order valence-corrected chi connectivity index (χ1v) is 4.26. The van der Waals surface area contributed by atoms with Crippen LogP contribution in [0.1, 0.15) is 32.1 Å². The maximum atomic E-state index is 12.5. The second-order valence-electron chi connectivity index (χ2n) is 3.94. The molecule has 0 nitrogen and oxygen atoms in total. The molecule has 0 amide bonds. The third-order valence-corrected chi connectivity index (χ3v) is 3.33. The molecule has 0 bridgehead atoms. The molecule has 0 aliphatic heterocycles. The first kappa shape index (κ1) is 7.50. The largest absolute Gasteiger partial charge is 0.484 e. The van der Waals surface area contributed by atoms with Crippen molar-refractivity contribution in [1.82, 2.24) is 0 Å². The molecule has 11 heavy (non-hydrogen) atoms. The van der Waals surface area contributed by atoms with Crippen LogP contribution in [0.4, 0.5) is 12.9 Å². The molecule has 0 saturated heterocycles. The van der Waals surface area contributed by atoms with Gasteiger partial charge in [-0.1, -0.05) is 43.3 Å². The summed E-state index contributed by atoms with van der Waals surface area (Å²) in [7, 11) is 0. The third-order valence-electron chi connectivity index (χ3n) is 3.33. The lowest BCUT2D eigenvalue weighted by Crippen LogP contribution is -2.43. The number of hydrogen-bond donors (Lipinski definition) is 0. The van der Waals surface area contributed by atoms with Crippen LogP contribution in [-0.4, -0.2) is 6.98 Å². The van der Waals surface area contributed by atoms with Gasteiger partial charge >= 0.3 is 6.98 Å². The summed E-state index contributed by atoms with van der Waals surface area (Å²) < 4.78 is 37.5. The molecule has 0 aromatic heterocycles. The monoisotopic (exact) mass is 163 g/mol. The molecule has 2 aliphatic carbocycles. The summed E-state index contributed by atoms with van der Waals surface area (Å²) in [6.45, 7) is -4.55. The minimum atomic E-state index is -4.55. The molecule has 0 aromatic carbocycles. The molecule has 2 saturated carbocycles. The van der Waals surface area contributed by atoms with Crippen LogP contribution in [0, 0.1) is 5.92 Å². The van der Waals surface area contributed by atoms with Crippen molar-refractivity contribution in [2.75, 3.05) is 0 Å². The summed E-state index contributed by atoms with van der Waals surface area (Å²) in [6, 6.07) is 0. The molecule has 0 radical (unpaired) electrons. The summed E-state index contributed by atoms with van der Waals surface area (Å²) in [5.74, 6) is 0.0104. The van der Waals surface area contributed by atoms with Crippen LogP contribution in [0.15, 0.2) is 0 Å². The third kappa shape index (κ3) is 0.910. The van der Waals surface area contributed by atoms with E-state index < -0.39 is 12.3 Å². The quantitative estimate of drug-likeness (QED) is 0.548. The van der Waals surface area contributed by atoms with Gasteiger partial charge in [0, 0.05) is 0 Å². The Balaban J connectivity index is 2.15. The average molecular weight is 163 g/mol. The van der Waals surface area contributed by atoms with Gasteiger partial charge in [0.2, 0.25) is 0 Å². The lowest BCUT2D eigenvalue weighted by Gasteiger charge is -2.50. The van der Waals surface area contributed by atoms with Gasteiger partial charge < -0.3 is 12.9 Å². The fourth-order valence-electron chi connectivity index (χ4n) is 2.25. The van der Waals surface area contributed by atoms with Gasteiger partial charge in [0.25, 0.3) is 0 Å². The van der Waals surface area contributed by atoms with Gasteiger partial charge in [0.15, 0.2) is 0 Å². The molecule has 0 unspecified atom stereocenters. The van der Waals surface area contributed by atoms with Crippen LogP contribution in [0.25, 0.3) is 0 Å². The number of hydrogen-bond acceptors (Lipinski definition) is 0. The van der Waals surface area contributed by atoms with Crippen molar-refractivity contribution in [3.05, 3.63) is 0 Å². The molecule has 4 heteroatoms. The fraction of sp³-hybridized carbons (Fsp3) is 1.00. The zero-order chi connectivity index (χ0) is 8.11. The van der Waals surface area contributed by atoms with E-state index in [-0.39, 0.29) is 5.92 Å². The Labute approximate surface area is 64.2 Å². The summed E-state index contributed by atoms with van der Waals surface area (Å²) in [5, 5.41) is -1.17. The highest BCUT2D eigenvalue weighted by molar-refractivity contribution is 6.62. The molecule has 2 rings (SSSR count). The maximum absolute atomic E-state index is 12.5. The molecule has 0 spiro atoms. The van der Waals surface area contributed by atoms with Crippen molar-refractivity contribution in [2.24, 2.45) is 5.92 Å². The molecule has 0 heterocycles. The van der Waals surface area contributed by atoms with Gasteiger partial charge in [-0.3, -0.25) is 0 Å². The van der Waals surface area contributed by atoms with Crippen molar-refractivity contribution < 1.29 is 12.9 Å². The van der Waals surface area contributed by atoms with E-state index in [4.69, 9.17) is 0 Å². The molecule has 2 aliphatic rings. The Morgan fingerprint density at radius 1 is 1.09 bits per heavy atom. The zero-order valence-electron chi connectivity index (χ0n) is 6.32. The van der Waals surface area contributed by atoms with Crippen molar-refractivity contribution in [2.45, 2.75) is 37.4 Å². The number of rotatable bonds is 2. The Kier molecular flexibility index (Phi) is 1.34. The van der Waals surface area contributed by atoms with Gasteiger partial charge in [-0.15, -0.1) is 0 Å². The van der Waals surface area contributed by atoms with E-state index in [2.05, 4.69) is 0 Å². The second-order valence-corrected chi connectivity index (χ2v) is 3.94. The van der Waals surface area contributed by atoms with Crippen LogP contribution >= 0.6 is 0 Å². The van der Waals surface area contributed by atoms with Crippen LogP contribution in [0.2, 0.25) is 5.31 Å². The van der Waals surface area contributed by atoms with Crippen molar-refractivity contribution in [1.29, 1.82) is 0 Å². The van der Waals surface area contributed by atoms with E-state index in [1.807, 2.05) is 0 Å². The molecule has 0 N–H and O–H groups in total. The fourth-order valence-corrected chi connectivity index (χ4v) is 2.25. The van der Waals surface area contributed by atoms with Crippen LogP contribution < -0.4 is 0 Å². The van der Waals surface area contributed by atoms with Crippen molar-refractivity contribution >= 4 is 6.98 Å². The molecule has 2 fully saturated rings. The molecular formula is C7H11BF3-. The van der Waals surface area contributed by atoms with E-state index in [1.54, 1.807) is 0 Å². The molecule has 0 aromatic rings. The number of halogens is 3. The summed E-state index contributed by atoms with van der Waals surface area (Å²) in [5.41, 5.74) is 0.